The second-order valence-corrected chi connectivity index (χ2v) is 6.55. The number of carbonyl (C=O) groups is 2. The molecule has 0 fully saturated rings. The Morgan fingerprint density at radius 2 is 2.21 bits per heavy atom. The lowest BCUT2D eigenvalue weighted by Crippen LogP contribution is -2.38. The van der Waals surface area contributed by atoms with Gasteiger partial charge in [0.25, 0.3) is 5.91 Å². The van der Waals surface area contributed by atoms with E-state index in [0.717, 1.165) is 22.8 Å². The van der Waals surface area contributed by atoms with Crippen LogP contribution < -0.4 is 0 Å². The number of rotatable bonds is 3. The molecule has 0 radical (unpaired) electrons. The van der Waals surface area contributed by atoms with Crippen molar-refractivity contribution in [2.24, 2.45) is 0 Å². The Kier molecular flexibility index (Phi) is 3.38. The maximum absolute atomic E-state index is 12.7. The summed E-state index contributed by atoms with van der Waals surface area (Å²) in [6.45, 7) is 3.69. The van der Waals surface area contributed by atoms with E-state index in [4.69, 9.17) is 0 Å². The number of fused-ring (bicyclic) bond motifs is 2. The molecule has 0 unspecified atom stereocenters. The first-order valence-corrected chi connectivity index (χ1v) is 8.50. The quantitative estimate of drug-likeness (QED) is 0.752. The SMILES string of the molecule is CCc1nnc2n1CCN(C(=O)c1cc3scc(C(=O)O)c3[nH]1)C2. The Morgan fingerprint density at radius 1 is 1.38 bits per heavy atom. The maximum Gasteiger partial charge on any atom is 0.338 e. The molecule has 9 heteroatoms. The second-order valence-electron chi connectivity index (χ2n) is 5.64. The molecular formula is C15H15N5O3S. The highest BCUT2D eigenvalue weighted by atomic mass is 32.1. The van der Waals surface area contributed by atoms with Crippen LogP contribution in [0.4, 0.5) is 0 Å². The molecule has 2 N–H and O–H groups in total. The van der Waals surface area contributed by atoms with E-state index in [0.29, 0.717) is 30.8 Å². The summed E-state index contributed by atoms with van der Waals surface area (Å²) < 4.78 is 2.82. The van der Waals surface area contributed by atoms with Gasteiger partial charge in [0.1, 0.15) is 11.5 Å². The number of H-pyrrole nitrogens is 1. The molecule has 3 aromatic rings. The van der Waals surface area contributed by atoms with Crippen LogP contribution in [0.5, 0.6) is 0 Å². The van der Waals surface area contributed by atoms with Gasteiger partial charge >= 0.3 is 5.97 Å². The van der Waals surface area contributed by atoms with Gasteiger partial charge in [-0.3, -0.25) is 4.79 Å². The summed E-state index contributed by atoms with van der Waals surface area (Å²) in [7, 11) is 0. The van der Waals surface area contributed by atoms with Gasteiger partial charge in [0.15, 0.2) is 5.82 Å². The van der Waals surface area contributed by atoms with E-state index >= 15 is 0 Å². The van der Waals surface area contributed by atoms with Crippen LogP contribution in [0.3, 0.4) is 0 Å². The number of aromatic nitrogens is 4. The molecule has 0 spiro atoms. The van der Waals surface area contributed by atoms with Crippen molar-refractivity contribution in [1.82, 2.24) is 24.6 Å². The molecule has 0 aromatic carbocycles. The van der Waals surface area contributed by atoms with Crippen LogP contribution in [-0.4, -0.2) is 48.2 Å². The number of carboxylic acid groups (broad SMARTS) is 1. The Labute approximate surface area is 140 Å². The first-order chi connectivity index (χ1) is 11.6. The number of aryl methyl sites for hydroxylation is 1. The third-order valence-corrected chi connectivity index (χ3v) is 5.18. The Hall–Kier alpha value is -2.68. The molecule has 124 valence electrons. The summed E-state index contributed by atoms with van der Waals surface area (Å²) in [5.41, 5.74) is 1.10. The van der Waals surface area contributed by atoms with Crippen LogP contribution in [0, 0.1) is 0 Å². The lowest BCUT2D eigenvalue weighted by molar-refractivity contribution is 0.0689. The minimum Gasteiger partial charge on any atom is -0.478 e. The van der Waals surface area contributed by atoms with Gasteiger partial charge in [-0.2, -0.15) is 0 Å². The minimum absolute atomic E-state index is 0.151. The van der Waals surface area contributed by atoms with Crippen LogP contribution in [0.15, 0.2) is 11.4 Å². The van der Waals surface area contributed by atoms with Crippen molar-refractivity contribution < 1.29 is 14.7 Å². The Balaban J connectivity index is 1.61. The molecule has 1 aliphatic heterocycles. The molecule has 0 saturated carbocycles. The summed E-state index contributed by atoms with van der Waals surface area (Å²) in [6, 6.07) is 1.71. The number of nitrogens with zero attached hydrogens (tertiary/aromatic N) is 4. The van der Waals surface area contributed by atoms with Crippen molar-refractivity contribution in [3.05, 3.63) is 34.4 Å². The summed E-state index contributed by atoms with van der Waals surface area (Å²) in [5, 5.41) is 19.1. The highest BCUT2D eigenvalue weighted by Gasteiger charge is 2.26. The third kappa shape index (κ3) is 2.20. The second kappa shape index (κ2) is 5.45. The molecule has 0 aliphatic carbocycles. The molecule has 4 heterocycles. The number of carboxylic acids is 1. The van der Waals surface area contributed by atoms with Gasteiger partial charge < -0.3 is 19.6 Å². The monoisotopic (exact) mass is 345 g/mol. The van der Waals surface area contributed by atoms with Crippen molar-refractivity contribution in [3.8, 4) is 0 Å². The number of aromatic amines is 1. The number of hydrogen-bond acceptors (Lipinski definition) is 5. The highest BCUT2D eigenvalue weighted by molar-refractivity contribution is 7.17. The first kappa shape index (κ1) is 14.9. The fourth-order valence-electron chi connectivity index (χ4n) is 3.01. The molecule has 8 nitrogen and oxygen atoms in total. The van der Waals surface area contributed by atoms with Crippen molar-refractivity contribution in [2.75, 3.05) is 6.54 Å². The number of nitrogens with one attached hydrogen (secondary N) is 1. The van der Waals surface area contributed by atoms with E-state index in [2.05, 4.69) is 19.7 Å². The normalized spacial score (nSPS) is 14.1. The van der Waals surface area contributed by atoms with E-state index in [-0.39, 0.29) is 11.5 Å². The summed E-state index contributed by atoms with van der Waals surface area (Å²) in [6.07, 6.45) is 0.811. The first-order valence-electron chi connectivity index (χ1n) is 7.62. The number of amides is 1. The van der Waals surface area contributed by atoms with Gasteiger partial charge in [-0.25, -0.2) is 4.79 Å². The van der Waals surface area contributed by atoms with E-state index in [1.54, 1.807) is 16.3 Å². The maximum atomic E-state index is 12.7. The molecule has 0 saturated heterocycles. The third-order valence-electron chi connectivity index (χ3n) is 4.25. The average Bonchev–Trinajstić information content (AvgIpc) is 3.26. The van der Waals surface area contributed by atoms with Gasteiger partial charge in [0.2, 0.25) is 0 Å². The van der Waals surface area contributed by atoms with Crippen molar-refractivity contribution in [2.45, 2.75) is 26.4 Å². The van der Waals surface area contributed by atoms with E-state index in [1.807, 2.05) is 6.92 Å². The Bertz CT molecular complexity index is 954. The van der Waals surface area contributed by atoms with Gasteiger partial charge in [0, 0.05) is 24.9 Å². The fourth-order valence-corrected chi connectivity index (χ4v) is 3.93. The van der Waals surface area contributed by atoms with E-state index in [1.165, 1.54) is 11.3 Å². The minimum atomic E-state index is -1.000. The number of hydrogen-bond donors (Lipinski definition) is 2. The zero-order chi connectivity index (χ0) is 16.8. The zero-order valence-electron chi connectivity index (χ0n) is 12.9. The molecular weight excluding hydrogens is 330 g/mol. The lowest BCUT2D eigenvalue weighted by atomic mass is 10.3. The smallest absolute Gasteiger partial charge is 0.338 e. The van der Waals surface area contributed by atoms with E-state index < -0.39 is 5.97 Å². The largest absolute Gasteiger partial charge is 0.478 e. The van der Waals surface area contributed by atoms with Crippen molar-refractivity contribution in [1.29, 1.82) is 0 Å². The predicted octanol–water partition coefficient (Wildman–Crippen LogP) is 1.74. The lowest BCUT2D eigenvalue weighted by Gasteiger charge is -2.27. The molecule has 0 atom stereocenters. The van der Waals surface area contributed by atoms with Crippen LogP contribution in [0.25, 0.3) is 10.2 Å². The van der Waals surface area contributed by atoms with Gasteiger partial charge in [0.05, 0.1) is 22.3 Å². The number of thiophene rings is 1. The molecule has 4 rings (SSSR count). The van der Waals surface area contributed by atoms with Crippen LogP contribution in [0.1, 0.15) is 39.4 Å². The number of carbonyl (C=O) groups excluding carboxylic acids is 1. The standard InChI is InChI=1S/C15H15N5O3S/c1-2-11-17-18-12-6-19(3-4-20(11)12)14(21)9-5-10-13(16-9)8(7-24-10)15(22)23/h5,7,16H,2-4,6H2,1H3,(H,22,23). The van der Waals surface area contributed by atoms with Crippen LogP contribution in [0.2, 0.25) is 0 Å². The van der Waals surface area contributed by atoms with Gasteiger partial charge in [-0.1, -0.05) is 6.92 Å². The van der Waals surface area contributed by atoms with Gasteiger partial charge in [-0.15, -0.1) is 21.5 Å². The zero-order valence-corrected chi connectivity index (χ0v) is 13.8. The summed E-state index contributed by atoms with van der Waals surface area (Å²) >= 11 is 1.31. The van der Waals surface area contributed by atoms with Crippen molar-refractivity contribution >= 4 is 33.4 Å². The number of aromatic carboxylic acids is 1. The predicted molar refractivity (Wildman–Crippen MR) is 87.3 cm³/mol. The molecule has 1 amide bonds. The molecule has 24 heavy (non-hydrogen) atoms. The average molecular weight is 345 g/mol. The highest BCUT2D eigenvalue weighted by Crippen LogP contribution is 2.27. The van der Waals surface area contributed by atoms with Gasteiger partial charge in [-0.05, 0) is 6.07 Å². The fraction of sp³-hybridized carbons (Fsp3) is 0.333. The van der Waals surface area contributed by atoms with E-state index in [9.17, 15) is 14.7 Å². The molecule has 3 aromatic heterocycles. The molecule has 0 bridgehead atoms. The van der Waals surface area contributed by atoms with Crippen LogP contribution >= 0.6 is 11.3 Å². The molecule has 1 aliphatic rings. The Morgan fingerprint density at radius 3 is 2.96 bits per heavy atom. The summed E-state index contributed by atoms with van der Waals surface area (Å²) in [5.74, 6) is 0.567. The topological polar surface area (TPSA) is 104 Å². The summed E-state index contributed by atoms with van der Waals surface area (Å²) in [4.78, 5) is 28.6. The van der Waals surface area contributed by atoms with Crippen LogP contribution in [-0.2, 0) is 19.5 Å². The van der Waals surface area contributed by atoms with Crippen molar-refractivity contribution in [3.63, 3.8) is 0 Å².